The van der Waals surface area contributed by atoms with Gasteiger partial charge in [-0.3, -0.25) is 4.79 Å². The zero-order valence-corrected chi connectivity index (χ0v) is 19.3. The van der Waals surface area contributed by atoms with Gasteiger partial charge in [-0.2, -0.15) is 0 Å². The zero-order chi connectivity index (χ0) is 21.8. The summed E-state index contributed by atoms with van der Waals surface area (Å²) in [4.78, 5) is 15.5. The van der Waals surface area contributed by atoms with Crippen LogP contribution in [0.25, 0.3) is 0 Å². The van der Waals surface area contributed by atoms with Crippen molar-refractivity contribution in [2.45, 2.75) is 31.8 Å². The first-order valence-electron chi connectivity index (χ1n) is 10.5. The summed E-state index contributed by atoms with van der Waals surface area (Å²) in [5.41, 5.74) is 3.13. The molecule has 4 rings (SSSR count). The standard InChI is InChI=1S/C26H26BrNO3/c1-18(19-7-4-3-5-8-19)26(29)28-17-24(31-23-10-6-9-22(16-23)30-2)13-11-20-15-21(27)12-14-25(20)28/h3-10,12,14-16,18,24H,11,13,17H2,1-2H3. The van der Waals surface area contributed by atoms with Gasteiger partial charge < -0.3 is 14.4 Å². The zero-order valence-electron chi connectivity index (χ0n) is 17.8. The molecule has 2 unspecified atom stereocenters. The van der Waals surface area contributed by atoms with Crippen LogP contribution in [0.5, 0.6) is 11.5 Å². The number of aryl methyl sites for hydroxylation is 1. The van der Waals surface area contributed by atoms with Gasteiger partial charge in [0, 0.05) is 16.2 Å². The number of hydrogen-bond acceptors (Lipinski definition) is 3. The van der Waals surface area contributed by atoms with E-state index in [1.165, 1.54) is 0 Å². The van der Waals surface area contributed by atoms with Gasteiger partial charge in [0.2, 0.25) is 5.91 Å². The quantitative estimate of drug-likeness (QED) is 0.451. The van der Waals surface area contributed by atoms with Crippen LogP contribution in [-0.2, 0) is 11.2 Å². The molecule has 160 valence electrons. The summed E-state index contributed by atoms with van der Waals surface area (Å²) < 4.78 is 12.7. The second-order valence-corrected chi connectivity index (χ2v) is 8.73. The Morgan fingerprint density at radius 1 is 1.03 bits per heavy atom. The van der Waals surface area contributed by atoms with Crippen LogP contribution in [-0.4, -0.2) is 25.7 Å². The van der Waals surface area contributed by atoms with Crippen molar-refractivity contribution >= 4 is 27.5 Å². The number of methoxy groups -OCH3 is 1. The minimum Gasteiger partial charge on any atom is -0.497 e. The molecule has 1 amide bonds. The Labute approximate surface area is 191 Å². The van der Waals surface area contributed by atoms with Crippen LogP contribution in [0.1, 0.15) is 30.4 Å². The molecule has 4 nitrogen and oxygen atoms in total. The van der Waals surface area contributed by atoms with E-state index in [4.69, 9.17) is 9.47 Å². The molecule has 3 aromatic rings. The number of amides is 1. The molecule has 0 radical (unpaired) electrons. The Hall–Kier alpha value is -2.79. The fourth-order valence-corrected chi connectivity index (χ4v) is 4.43. The van der Waals surface area contributed by atoms with Gasteiger partial charge in [-0.1, -0.05) is 52.3 Å². The van der Waals surface area contributed by atoms with Crippen LogP contribution in [0, 0.1) is 0 Å². The van der Waals surface area contributed by atoms with Gasteiger partial charge in [-0.15, -0.1) is 0 Å². The Morgan fingerprint density at radius 2 is 1.81 bits per heavy atom. The fourth-order valence-electron chi connectivity index (χ4n) is 4.02. The SMILES string of the molecule is COc1cccc(OC2CCc3cc(Br)ccc3N(C(=O)C(C)c3ccccc3)C2)c1. The Morgan fingerprint density at radius 3 is 2.58 bits per heavy atom. The number of hydrogen-bond donors (Lipinski definition) is 0. The maximum absolute atomic E-state index is 13.6. The predicted octanol–water partition coefficient (Wildman–Crippen LogP) is 5.99. The molecule has 5 heteroatoms. The van der Waals surface area contributed by atoms with Crippen molar-refractivity contribution in [1.82, 2.24) is 0 Å². The second kappa shape index (κ2) is 9.56. The van der Waals surface area contributed by atoms with Gasteiger partial charge in [-0.25, -0.2) is 0 Å². The molecule has 0 fully saturated rings. The van der Waals surface area contributed by atoms with Gasteiger partial charge >= 0.3 is 0 Å². The first kappa shape index (κ1) is 21.4. The Bertz CT molecular complexity index is 1050. The van der Waals surface area contributed by atoms with Crippen LogP contribution >= 0.6 is 15.9 Å². The monoisotopic (exact) mass is 479 g/mol. The van der Waals surface area contributed by atoms with Gasteiger partial charge in [-0.05, 0) is 61.2 Å². The summed E-state index contributed by atoms with van der Waals surface area (Å²) in [6, 6.07) is 23.7. The van der Waals surface area contributed by atoms with Crippen LogP contribution in [0.2, 0.25) is 0 Å². The maximum Gasteiger partial charge on any atom is 0.234 e. The number of fused-ring (bicyclic) bond motifs is 1. The number of nitrogens with zero attached hydrogens (tertiary/aromatic N) is 1. The van der Waals surface area contributed by atoms with E-state index in [1.807, 2.05) is 78.6 Å². The molecule has 1 aliphatic heterocycles. The van der Waals surface area contributed by atoms with Crippen LogP contribution < -0.4 is 14.4 Å². The highest BCUT2D eigenvalue weighted by Crippen LogP contribution is 2.33. The molecule has 0 spiro atoms. The summed E-state index contributed by atoms with van der Waals surface area (Å²) in [6.07, 6.45) is 1.54. The third kappa shape index (κ3) is 4.93. The van der Waals surface area contributed by atoms with E-state index in [0.717, 1.165) is 45.6 Å². The highest BCUT2D eigenvalue weighted by molar-refractivity contribution is 9.10. The number of benzene rings is 3. The van der Waals surface area contributed by atoms with E-state index in [1.54, 1.807) is 7.11 Å². The van der Waals surface area contributed by atoms with Crippen molar-refractivity contribution in [3.8, 4) is 11.5 Å². The lowest BCUT2D eigenvalue weighted by Gasteiger charge is -2.29. The smallest absolute Gasteiger partial charge is 0.234 e. The Kier molecular flexibility index (Phi) is 6.62. The van der Waals surface area contributed by atoms with Gasteiger partial charge in [0.25, 0.3) is 0 Å². The van der Waals surface area contributed by atoms with Crippen molar-refractivity contribution < 1.29 is 14.3 Å². The normalized spacial score (nSPS) is 16.7. The van der Waals surface area contributed by atoms with E-state index >= 15 is 0 Å². The number of ether oxygens (including phenoxy) is 2. The molecular weight excluding hydrogens is 454 g/mol. The molecule has 1 aliphatic rings. The van der Waals surface area contributed by atoms with Gasteiger partial charge in [0.05, 0.1) is 19.6 Å². The third-order valence-electron chi connectivity index (χ3n) is 5.73. The lowest BCUT2D eigenvalue weighted by atomic mass is 9.99. The van der Waals surface area contributed by atoms with E-state index in [0.29, 0.717) is 6.54 Å². The summed E-state index contributed by atoms with van der Waals surface area (Å²) in [7, 11) is 1.64. The first-order valence-corrected chi connectivity index (χ1v) is 11.3. The molecule has 0 aromatic heterocycles. The van der Waals surface area contributed by atoms with Crippen molar-refractivity contribution in [3.63, 3.8) is 0 Å². The van der Waals surface area contributed by atoms with Crippen molar-refractivity contribution in [2.24, 2.45) is 0 Å². The highest BCUT2D eigenvalue weighted by atomic mass is 79.9. The van der Waals surface area contributed by atoms with Gasteiger partial charge in [0.15, 0.2) is 0 Å². The van der Waals surface area contributed by atoms with E-state index in [-0.39, 0.29) is 17.9 Å². The predicted molar refractivity (Wildman–Crippen MR) is 127 cm³/mol. The lowest BCUT2D eigenvalue weighted by Crippen LogP contribution is -2.41. The van der Waals surface area contributed by atoms with Crippen molar-refractivity contribution in [1.29, 1.82) is 0 Å². The van der Waals surface area contributed by atoms with E-state index in [9.17, 15) is 4.79 Å². The van der Waals surface area contributed by atoms with Crippen molar-refractivity contribution in [3.05, 3.63) is 88.4 Å². The molecule has 3 aromatic carbocycles. The third-order valence-corrected chi connectivity index (χ3v) is 6.23. The largest absolute Gasteiger partial charge is 0.497 e. The maximum atomic E-state index is 13.6. The fraction of sp³-hybridized carbons (Fsp3) is 0.269. The molecule has 0 N–H and O–H groups in total. The van der Waals surface area contributed by atoms with Gasteiger partial charge in [0.1, 0.15) is 17.6 Å². The average molecular weight is 480 g/mol. The van der Waals surface area contributed by atoms with Crippen LogP contribution in [0.15, 0.2) is 77.3 Å². The minimum absolute atomic E-state index is 0.0796. The summed E-state index contributed by atoms with van der Waals surface area (Å²) in [6.45, 7) is 2.47. The first-order chi connectivity index (χ1) is 15.0. The number of carbonyl (C=O) groups is 1. The molecule has 0 saturated carbocycles. The average Bonchev–Trinajstić information content (AvgIpc) is 2.98. The molecule has 0 bridgehead atoms. The summed E-state index contributed by atoms with van der Waals surface area (Å²) >= 11 is 3.57. The molecule has 1 heterocycles. The number of carbonyl (C=O) groups excluding carboxylic acids is 1. The highest BCUT2D eigenvalue weighted by Gasteiger charge is 2.30. The van der Waals surface area contributed by atoms with Crippen LogP contribution in [0.4, 0.5) is 5.69 Å². The number of halogens is 1. The summed E-state index contributed by atoms with van der Waals surface area (Å²) in [5, 5.41) is 0. The van der Waals surface area contributed by atoms with Crippen molar-refractivity contribution in [2.75, 3.05) is 18.6 Å². The van der Waals surface area contributed by atoms with E-state index < -0.39 is 0 Å². The second-order valence-electron chi connectivity index (χ2n) is 7.81. The molecule has 0 saturated heterocycles. The molecule has 2 atom stereocenters. The molecule has 31 heavy (non-hydrogen) atoms. The Balaban J connectivity index is 1.63. The topological polar surface area (TPSA) is 38.8 Å². The van der Waals surface area contributed by atoms with E-state index in [2.05, 4.69) is 22.0 Å². The molecule has 0 aliphatic carbocycles. The number of rotatable bonds is 5. The lowest BCUT2D eigenvalue weighted by molar-refractivity contribution is -0.120. The number of anilines is 1. The van der Waals surface area contributed by atoms with Crippen LogP contribution in [0.3, 0.4) is 0 Å². The minimum atomic E-state index is -0.242. The summed E-state index contributed by atoms with van der Waals surface area (Å²) in [5.74, 6) is 1.34. The molecular formula is C26H26BrNO3.